The minimum Gasteiger partial charge on any atom is -0.496 e. The molecule has 23 heavy (non-hydrogen) atoms. The fourth-order valence-corrected chi connectivity index (χ4v) is 3.32. The number of nitrogens with one attached hydrogen (secondary N) is 1. The number of methoxy groups -OCH3 is 1. The number of anilines is 1. The van der Waals surface area contributed by atoms with E-state index in [2.05, 4.69) is 12.2 Å². The predicted octanol–water partition coefficient (Wildman–Crippen LogP) is 5.39. The van der Waals surface area contributed by atoms with Crippen LogP contribution in [0.3, 0.4) is 0 Å². The largest absolute Gasteiger partial charge is 0.496 e. The third-order valence-corrected chi connectivity index (χ3v) is 4.72. The highest BCUT2D eigenvalue weighted by atomic mass is 35.5. The van der Waals surface area contributed by atoms with Gasteiger partial charge in [0.1, 0.15) is 5.75 Å². The van der Waals surface area contributed by atoms with E-state index < -0.39 is 0 Å². The molecule has 0 aliphatic carbocycles. The number of para-hydroxylation sites is 1. The topological polar surface area (TPSA) is 34.1 Å². The summed E-state index contributed by atoms with van der Waals surface area (Å²) < 4.78 is 5.37. The smallest absolute Gasteiger partial charge is 0.183 e. The van der Waals surface area contributed by atoms with Crippen LogP contribution in [0.15, 0.2) is 48.5 Å². The average molecular weight is 345 g/mol. The van der Waals surface area contributed by atoms with Crippen LogP contribution in [0, 0.1) is 6.92 Å². The second-order valence-electron chi connectivity index (χ2n) is 5.10. The van der Waals surface area contributed by atoms with Gasteiger partial charge in [-0.2, -0.15) is 0 Å². The average Bonchev–Trinajstić information content (AvgIpc) is 2.95. The molecule has 0 radical (unpaired) electrons. The van der Waals surface area contributed by atoms with Crippen molar-refractivity contribution in [2.24, 2.45) is 0 Å². The molecule has 0 bridgehead atoms. The lowest BCUT2D eigenvalue weighted by Gasteiger charge is -2.08. The van der Waals surface area contributed by atoms with Crippen molar-refractivity contribution in [3.8, 4) is 17.0 Å². The second-order valence-corrected chi connectivity index (χ2v) is 6.74. The summed E-state index contributed by atoms with van der Waals surface area (Å²) in [5.41, 5.74) is 3.18. The maximum absolute atomic E-state index is 5.95. The van der Waals surface area contributed by atoms with Crippen LogP contribution in [0.4, 0.5) is 5.13 Å². The number of aryl methyl sites for hydroxylation is 1. The number of thiazole rings is 1. The van der Waals surface area contributed by atoms with Crippen molar-refractivity contribution >= 4 is 28.1 Å². The minimum absolute atomic E-state index is 0.678. The van der Waals surface area contributed by atoms with E-state index in [1.54, 1.807) is 18.4 Å². The number of nitrogens with zero attached hydrogens (tertiary/aromatic N) is 1. The molecular weight excluding hydrogens is 328 g/mol. The van der Waals surface area contributed by atoms with Crippen LogP contribution >= 0.6 is 22.9 Å². The summed E-state index contributed by atoms with van der Waals surface area (Å²) in [6.07, 6.45) is 0. The van der Waals surface area contributed by atoms with Crippen molar-refractivity contribution in [1.82, 2.24) is 4.98 Å². The highest BCUT2D eigenvalue weighted by molar-refractivity contribution is 7.16. The molecule has 0 spiro atoms. The molecular formula is C18H17ClN2OS. The van der Waals surface area contributed by atoms with Gasteiger partial charge in [0.05, 0.1) is 12.8 Å². The summed E-state index contributed by atoms with van der Waals surface area (Å²) in [7, 11) is 1.69. The summed E-state index contributed by atoms with van der Waals surface area (Å²) in [4.78, 5) is 5.88. The van der Waals surface area contributed by atoms with Gasteiger partial charge in [0.15, 0.2) is 5.13 Å². The van der Waals surface area contributed by atoms with E-state index in [0.717, 1.165) is 32.7 Å². The second kappa shape index (κ2) is 7.02. The zero-order chi connectivity index (χ0) is 16.2. The van der Waals surface area contributed by atoms with Crippen LogP contribution in [0.1, 0.15) is 10.4 Å². The Morgan fingerprint density at radius 2 is 1.87 bits per heavy atom. The van der Waals surface area contributed by atoms with Gasteiger partial charge < -0.3 is 10.1 Å². The van der Waals surface area contributed by atoms with Crippen LogP contribution in [0.5, 0.6) is 5.75 Å². The molecule has 118 valence electrons. The van der Waals surface area contributed by atoms with Crippen molar-refractivity contribution in [1.29, 1.82) is 0 Å². The van der Waals surface area contributed by atoms with Crippen LogP contribution in [-0.4, -0.2) is 12.1 Å². The molecule has 1 heterocycles. The molecule has 0 aliphatic heterocycles. The predicted molar refractivity (Wildman–Crippen MR) is 97.6 cm³/mol. The first-order chi connectivity index (χ1) is 11.2. The van der Waals surface area contributed by atoms with E-state index in [4.69, 9.17) is 21.3 Å². The lowest BCUT2D eigenvalue weighted by atomic mass is 10.1. The molecule has 1 N–H and O–H groups in total. The lowest BCUT2D eigenvalue weighted by Crippen LogP contribution is -2.01. The molecule has 0 fully saturated rings. The number of benzene rings is 2. The lowest BCUT2D eigenvalue weighted by molar-refractivity contribution is 0.410. The number of hydrogen-bond donors (Lipinski definition) is 1. The van der Waals surface area contributed by atoms with E-state index in [1.807, 2.05) is 48.5 Å². The van der Waals surface area contributed by atoms with E-state index in [1.165, 1.54) is 4.88 Å². The molecule has 0 unspecified atom stereocenters. The van der Waals surface area contributed by atoms with Crippen molar-refractivity contribution in [3.05, 3.63) is 64.0 Å². The number of ether oxygens (including phenoxy) is 1. The molecule has 2 aromatic carbocycles. The van der Waals surface area contributed by atoms with E-state index in [9.17, 15) is 0 Å². The van der Waals surface area contributed by atoms with Gasteiger partial charge in [-0.25, -0.2) is 4.98 Å². The maximum atomic E-state index is 5.95. The van der Waals surface area contributed by atoms with E-state index >= 15 is 0 Å². The summed E-state index contributed by atoms with van der Waals surface area (Å²) in [6.45, 7) is 2.76. The third kappa shape index (κ3) is 3.66. The molecule has 0 amide bonds. The fraction of sp³-hybridized carbons (Fsp3) is 0.167. The SMILES string of the molecule is COc1ccccc1CNc1nc(-c2ccc(Cl)cc2)c(C)s1. The van der Waals surface area contributed by atoms with Gasteiger partial charge in [-0.1, -0.05) is 41.9 Å². The molecule has 3 rings (SSSR count). The number of rotatable bonds is 5. The summed E-state index contributed by atoms with van der Waals surface area (Å²) >= 11 is 7.60. The zero-order valence-corrected chi connectivity index (χ0v) is 14.5. The number of aromatic nitrogens is 1. The van der Waals surface area contributed by atoms with Gasteiger partial charge in [-0.3, -0.25) is 0 Å². The molecule has 1 aromatic heterocycles. The van der Waals surface area contributed by atoms with Crippen molar-refractivity contribution < 1.29 is 4.74 Å². The Kier molecular flexibility index (Phi) is 4.84. The van der Waals surface area contributed by atoms with Gasteiger partial charge >= 0.3 is 0 Å². The normalized spacial score (nSPS) is 10.6. The highest BCUT2D eigenvalue weighted by Gasteiger charge is 2.10. The first kappa shape index (κ1) is 15.8. The Labute approximate surface area is 144 Å². The van der Waals surface area contributed by atoms with Crippen molar-refractivity contribution in [3.63, 3.8) is 0 Å². The molecule has 3 aromatic rings. The van der Waals surface area contributed by atoms with Crippen molar-refractivity contribution in [2.45, 2.75) is 13.5 Å². The summed E-state index contributed by atoms with van der Waals surface area (Å²) in [5, 5.41) is 5.01. The van der Waals surface area contributed by atoms with Crippen LogP contribution in [-0.2, 0) is 6.54 Å². The first-order valence-corrected chi connectivity index (χ1v) is 8.46. The Bertz CT molecular complexity index is 799. The quantitative estimate of drug-likeness (QED) is 0.673. The maximum Gasteiger partial charge on any atom is 0.183 e. The van der Waals surface area contributed by atoms with Gasteiger partial charge in [-0.05, 0) is 25.1 Å². The van der Waals surface area contributed by atoms with Crippen LogP contribution in [0.25, 0.3) is 11.3 Å². The Balaban J connectivity index is 1.77. The Morgan fingerprint density at radius 3 is 2.61 bits per heavy atom. The molecule has 0 saturated carbocycles. The molecule has 3 nitrogen and oxygen atoms in total. The zero-order valence-electron chi connectivity index (χ0n) is 13.0. The van der Waals surface area contributed by atoms with Gasteiger partial charge in [0, 0.05) is 27.6 Å². The van der Waals surface area contributed by atoms with Gasteiger partial charge in [0.25, 0.3) is 0 Å². The van der Waals surface area contributed by atoms with Crippen molar-refractivity contribution in [2.75, 3.05) is 12.4 Å². The monoisotopic (exact) mass is 344 g/mol. The number of halogens is 1. The molecule has 0 aliphatic rings. The highest BCUT2D eigenvalue weighted by Crippen LogP contribution is 2.31. The van der Waals surface area contributed by atoms with Gasteiger partial charge in [-0.15, -0.1) is 11.3 Å². The van der Waals surface area contributed by atoms with E-state index in [-0.39, 0.29) is 0 Å². The fourth-order valence-electron chi connectivity index (χ4n) is 2.37. The molecule has 0 atom stereocenters. The summed E-state index contributed by atoms with van der Waals surface area (Å²) in [6, 6.07) is 15.7. The summed E-state index contributed by atoms with van der Waals surface area (Å²) in [5.74, 6) is 0.881. The minimum atomic E-state index is 0.678. The Hall–Kier alpha value is -2.04. The first-order valence-electron chi connectivity index (χ1n) is 7.26. The van der Waals surface area contributed by atoms with E-state index in [0.29, 0.717) is 6.54 Å². The molecule has 5 heteroatoms. The number of hydrogen-bond acceptors (Lipinski definition) is 4. The molecule has 0 saturated heterocycles. The third-order valence-electron chi connectivity index (χ3n) is 3.54. The Morgan fingerprint density at radius 1 is 1.13 bits per heavy atom. The van der Waals surface area contributed by atoms with Crippen LogP contribution < -0.4 is 10.1 Å². The van der Waals surface area contributed by atoms with Gasteiger partial charge in [0.2, 0.25) is 0 Å². The van der Waals surface area contributed by atoms with Crippen LogP contribution in [0.2, 0.25) is 5.02 Å². The standard InChI is InChI=1S/C18H17ClN2OS/c1-12-17(13-7-9-15(19)10-8-13)21-18(23-12)20-11-14-5-3-4-6-16(14)22-2/h3-10H,11H2,1-2H3,(H,20,21).